The molecule has 0 fully saturated rings. The molecule has 12 heteroatoms. The number of nitrogens with one attached hydrogen (secondary N) is 3. The third-order valence-electron chi connectivity index (χ3n) is 4.56. The highest BCUT2D eigenvalue weighted by molar-refractivity contribution is 5.93. The Bertz CT molecular complexity index is 614. The van der Waals surface area contributed by atoms with Crippen LogP contribution in [-0.4, -0.2) is 65.9 Å². The van der Waals surface area contributed by atoms with Gasteiger partial charge in [0.25, 0.3) is 0 Å². The van der Waals surface area contributed by atoms with Crippen LogP contribution in [0.1, 0.15) is 46.0 Å². The Balaban J connectivity index is 4.96. The lowest BCUT2D eigenvalue weighted by Crippen LogP contribution is -2.55. The lowest BCUT2D eigenvalue weighted by molar-refractivity contribution is -0.143. The molecule has 0 bridgehead atoms. The first-order valence-corrected chi connectivity index (χ1v) is 9.87. The van der Waals surface area contributed by atoms with Gasteiger partial charge < -0.3 is 38.3 Å². The highest BCUT2D eigenvalue weighted by atomic mass is 16.4. The molecular weight excluding hydrogens is 396 g/mol. The number of hydrogen-bond donors (Lipinski definition) is 7. The van der Waals surface area contributed by atoms with Gasteiger partial charge in [-0.25, -0.2) is 4.79 Å². The molecule has 0 spiro atoms. The number of carbonyl (C=O) groups is 5. The molecule has 4 atom stereocenters. The topological polar surface area (TPSA) is 220 Å². The van der Waals surface area contributed by atoms with Crippen molar-refractivity contribution in [3.05, 3.63) is 0 Å². The summed E-state index contributed by atoms with van der Waals surface area (Å²) in [6, 6.07) is -3.28. The van der Waals surface area contributed by atoms with Gasteiger partial charge in [-0.1, -0.05) is 20.3 Å². The fraction of sp³-hybridized carbons (Fsp3) is 0.722. The van der Waals surface area contributed by atoms with Gasteiger partial charge in [0.15, 0.2) is 0 Å². The highest BCUT2D eigenvalue weighted by Gasteiger charge is 2.29. The van der Waals surface area contributed by atoms with Crippen LogP contribution in [0.25, 0.3) is 0 Å². The highest BCUT2D eigenvalue weighted by Crippen LogP contribution is 2.09. The summed E-state index contributed by atoms with van der Waals surface area (Å²) >= 11 is 0. The molecule has 172 valence electrons. The maximum Gasteiger partial charge on any atom is 0.326 e. The van der Waals surface area contributed by atoms with Crippen LogP contribution in [0.5, 0.6) is 0 Å². The van der Waals surface area contributed by atoms with Crippen LogP contribution >= 0.6 is 0 Å². The van der Waals surface area contributed by atoms with Gasteiger partial charge in [0.2, 0.25) is 23.6 Å². The van der Waals surface area contributed by atoms with Crippen molar-refractivity contribution in [1.82, 2.24) is 16.0 Å². The Kier molecular flexibility index (Phi) is 13.0. The van der Waals surface area contributed by atoms with Crippen molar-refractivity contribution < 1.29 is 29.1 Å². The number of aliphatic carboxylic acids is 1. The van der Waals surface area contributed by atoms with Crippen molar-refractivity contribution in [3.63, 3.8) is 0 Å². The zero-order valence-electron chi connectivity index (χ0n) is 17.5. The van der Waals surface area contributed by atoms with E-state index < -0.39 is 54.3 Å². The third kappa shape index (κ3) is 10.7. The van der Waals surface area contributed by atoms with Crippen LogP contribution in [0.3, 0.4) is 0 Å². The zero-order valence-corrected chi connectivity index (χ0v) is 17.5. The molecule has 0 saturated heterocycles. The SMILES string of the molecule is CCC(C)C(NC(=O)C(CCCCN)NC(=O)CNC(=O)C(N)CC(N)=O)C(=O)O. The van der Waals surface area contributed by atoms with E-state index in [-0.39, 0.29) is 18.8 Å². The van der Waals surface area contributed by atoms with E-state index in [1.165, 1.54) is 0 Å². The van der Waals surface area contributed by atoms with Gasteiger partial charge in [0, 0.05) is 0 Å². The number of carboxylic acids is 1. The number of primary amides is 1. The number of carboxylic acid groups (broad SMARTS) is 1. The Hall–Kier alpha value is -2.73. The van der Waals surface area contributed by atoms with Crippen molar-refractivity contribution in [2.45, 2.75) is 64.1 Å². The van der Waals surface area contributed by atoms with Crippen molar-refractivity contribution in [1.29, 1.82) is 0 Å². The molecule has 4 amide bonds. The molecule has 12 nitrogen and oxygen atoms in total. The van der Waals surface area contributed by atoms with E-state index in [0.29, 0.717) is 25.8 Å². The molecule has 0 aliphatic rings. The van der Waals surface area contributed by atoms with Crippen LogP contribution < -0.4 is 33.2 Å². The molecule has 30 heavy (non-hydrogen) atoms. The largest absolute Gasteiger partial charge is 0.480 e. The Morgan fingerprint density at radius 3 is 2.17 bits per heavy atom. The van der Waals surface area contributed by atoms with Crippen molar-refractivity contribution in [3.8, 4) is 0 Å². The summed E-state index contributed by atoms with van der Waals surface area (Å²) in [6.07, 6.45) is 1.57. The fourth-order valence-electron chi connectivity index (χ4n) is 2.55. The number of amides is 4. The molecule has 0 rings (SSSR count). The number of unbranched alkanes of at least 4 members (excludes halogenated alkanes) is 1. The van der Waals surface area contributed by atoms with Gasteiger partial charge in [0.05, 0.1) is 19.0 Å². The Morgan fingerprint density at radius 2 is 1.67 bits per heavy atom. The molecule has 0 radical (unpaired) electrons. The molecule has 4 unspecified atom stereocenters. The quantitative estimate of drug-likeness (QED) is 0.138. The van der Waals surface area contributed by atoms with Gasteiger partial charge in [0.1, 0.15) is 12.1 Å². The summed E-state index contributed by atoms with van der Waals surface area (Å²) in [5.74, 6) is -4.27. The van der Waals surface area contributed by atoms with Crippen LogP contribution in [-0.2, 0) is 24.0 Å². The standard InChI is InChI=1S/C18H34N6O6/c1-3-10(2)15(18(29)30)24-17(28)12(6-4-5-7-19)23-14(26)9-22-16(27)11(20)8-13(21)25/h10-12,15H,3-9,19-20H2,1-2H3,(H2,21,25)(H,22,27)(H,23,26)(H,24,28)(H,29,30). The average molecular weight is 431 g/mol. The van der Waals surface area contributed by atoms with Crippen LogP contribution in [0.2, 0.25) is 0 Å². The minimum atomic E-state index is -1.19. The van der Waals surface area contributed by atoms with Gasteiger partial charge in [-0.2, -0.15) is 0 Å². The summed E-state index contributed by atoms with van der Waals surface area (Å²) in [6.45, 7) is 3.44. The third-order valence-corrected chi connectivity index (χ3v) is 4.56. The second kappa shape index (κ2) is 14.3. The minimum Gasteiger partial charge on any atom is -0.480 e. The second-order valence-electron chi connectivity index (χ2n) is 7.11. The smallest absolute Gasteiger partial charge is 0.326 e. The van der Waals surface area contributed by atoms with Crippen LogP contribution in [0.4, 0.5) is 0 Å². The van der Waals surface area contributed by atoms with Crippen molar-refractivity contribution in [2.24, 2.45) is 23.1 Å². The van der Waals surface area contributed by atoms with E-state index >= 15 is 0 Å². The van der Waals surface area contributed by atoms with Gasteiger partial charge in [-0.15, -0.1) is 0 Å². The molecule has 0 saturated carbocycles. The van der Waals surface area contributed by atoms with Crippen LogP contribution in [0.15, 0.2) is 0 Å². The average Bonchev–Trinajstić information content (AvgIpc) is 2.67. The fourth-order valence-corrected chi connectivity index (χ4v) is 2.55. The Morgan fingerprint density at radius 1 is 1.03 bits per heavy atom. The normalized spacial score (nSPS) is 14.7. The predicted octanol–water partition coefficient (Wildman–Crippen LogP) is -2.47. The van der Waals surface area contributed by atoms with E-state index in [1.807, 2.05) is 0 Å². The maximum atomic E-state index is 12.6. The minimum absolute atomic E-state index is 0.247. The summed E-state index contributed by atoms with van der Waals surface area (Å²) in [4.78, 5) is 58.8. The predicted molar refractivity (Wildman–Crippen MR) is 109 cm³/mol. The first-order valence-electron chi connectivity index (χ1n) is 9.87. The maximum absolute atomic E-state index is 12.6. The van der Waals surface area contributed by atoms with Gasteiger partial charge in [-0.05, 0) is 31.7 Å². The van der Waals surface area contributed by atoms with E-state index in [4.69, 9.17) is 17.2 Å². The lowest BCUT2D eigenvalue weighted by atomic mass is 9.98. The molecule has 0 aliphatic heterocycles. The number of nitrogens with two attached hydrogens (primary N) is 3. The summed E-state index contributed by atoms with van der Waals surface area (Å²) < 4.78 is 0. The molecule has 0 heterocycles. The van der Waals surface area contributed by atoms with E-state index in [9.17, 15) is 29.1 Å². The van der Waals surface area contributed by atoms with E-state index in [1.54, 1.807) is 13.8 Å². The van der Waals surface area contributed by atoms with E-state index in [0.717, 1.165) is 0 Å². The van der Waals surface area contributed by atoms with Crippen molar-refractivity contribution in [2.75, 3.05) is 13.1 Å². The Labute approximate surface area is 175 Å². The summed E-state index contributed by atoms with van der Waals surface area (Å²) in [5, 5.41) is 16.5. The first-order chi connectivity index (χ1) is 14.0. The first kappa shape index (κ1) is 27.3. The van der Waals surface area contributed by atoms with Crippen molar-refractivity contribution >= 4 is 29.6 Å². The lowest BCUT2D eigenvalue weighted by Gasteiger charge is -2.24. The molecule has 0 aromatic rings. The van der Waals surface area contributed by atoms with Crippen LogP contribution in [0, 0.1) is 5.92 Å². The number of carbonyl (C=O) groups excluding carboxylic acids is 4. The summed E-state index contributed by atoms with van der Waals surface area (Å²) in [5.41, 5.74) is 15.9. The number of hydrogen-bond acceptors (Lipinski definition) is 7. The van der Waals surface area contributed by atoms with E-state index in [2.05, 4.69) is 16.0 Å². The molecule has 10 N–H and O–H groups in total. The van der Waals surface area contributed by atoms with Gasteiger partial charge in [-0.3, -0.25) is 19.2 Å². The molecule has 0 aromatic heterocycles. The zero-order chi connectivity index (χ0) is 23.3. The van der Waals surface area contributed by atoms with Gasteiger partial charge >= 0.3 is 5.97 Å². The molecule has 0 aliphatic carbocycles. The summed E-state index contributed by atoms with van der Waals surface area (Å²) in [7, 11) is 0. The molecule has 0 aromatic carbocycles. The number of rotatable bonds is 15. The molecular formula is C18H34N6O6. The monoisotopic (exact) mass is 430 g/mol. The second-order valence-corrected chi connectivity index (χ2v) is 7.11.